The molecule has 0 saturated heterocycles. The van der Waals surface area contributed by atoms with Crippen molar-refractivity contribution >= 4 is 45.9 Å². The van der Waals surface area contributed by atoms with Gasteiger partial charge in [-0.15, -0.1) is 0 Å². The van der Waals surface area contributed by atoms with E-state index in [2.05, 4.69) is 17.2 Å². The molecular weight excluding hydrogens is 282 g/mol. The number of rotatable bonds is 3. The third-order valence-corrected chi connectivity index (χ3v) is 2.76. The average molecular weight is 294 g/mol. The van der Waals surface area contributed by atoms with Crippen molar-refractivity contribution in [3.8, 4) is 0 Å². The van der Waals surface area contributed by atoms with Gasteiger partial charge in [-0.2, -0.15) is 0 Å². The predicted molar refractivity (Wildman–Crippen MR) is 70.6 cm³/mol. The van der Waals surface area contributed by atoms with Crippen LogP contribution in [0.1, 0.15) is 18.4 Å². The highest BCUT2D eigenvalue weighted by atomic mass is 35.6. The van der Waals surface area contributed by atoms with E-state index in [0.29, 0.717) is 11.1 Å². The average Bonchev–Trinajstić information content (AvgIpc) is 2.68. The number of alkyl halides is 3. The van der Waals surface area contributed by atoms with E-state index >= 15 is 0 Å². The van der Waals surface area contributed by atoms with Crippen LogP contribution >= 0.6 is 34.8 Å². The molecule has 1 N–H and O–H groups in total. The number of nitrogens with zero attached hydrogens (tertiary/aromatic N) is 1. The molecule has 1 aromatic carbocycles. The Morgan fingerprint density at radius 3 is 2.76 bits per heavy atom. The molecule has 3 nitrogen and oxygen atoms in total. The first-order chi connectivity index (χ1) is 8.00. The monoisotopic (exact) mass is 292 g/mol. The molecule has 0 aliphatic rings. The van der Waals surface area contributed by atoms with Gasteiger partial charge in [0.05, 0.1) is 0 Å². The molecule has 0 fully saturated rings. The van der Waals surface area contributed by atoms with Gasteiger partial charge in [0.15, 0.2) is 5.58 Å². The summed E-state index contributed by atoms with van der Waals surface area (Å²) in [5.41, 5.74) is 2.43. The van der Waals surface area contributed by atoms with E-state index in [-0.39, 0.29) is 5.89 Å². The van der Waals surface area contributed by atoms with E-state index in [1.165, 1.54) is 0 Å². The van der Waals surface area contributed by atoms with Gasteiger partial charge in [-0.1, -0.05) is 47.8 Å². The van der Waals surface area contributed by atoms with E-state index in [4.69, 9.17) is 39.2 Å². The Hall–Kier alpha value is -0.480. The summed E-state index contributed by atoms with van der Waals surface area (Å²) in [5.74, 6) is 0.0955. The summed E-state index contributed by atoms with van der Waals surface area (Å²) >= 11 is 17.1. The van der Waals surface area contributed by atoms with Crippen LogP contribution in [-0.2, 0) is 10.3 Å². The van der Waals surface area contributed by atoms with Gasteiger partial charge in [-0.05, 0) is 24.2 Å². The van der Waals surface area contributed by atoms with Crippen molar-refractivity contribution in [3.63, 3.8) is 0 Å². The first-order valence-corrected chi connectivity index (χ1v) is 6.31. The molecule has 0 aliphatic carbocycles. The fraction of sp³-hybridized carbons (Fsp3) is 0.364. The highest BCUT2D eigenvalue weighted by molar-refractivity contribution is 6.66. The third-order valence-electron chi connectivity index (χ3n) is 2.27. The van der Waals surface area contributed by atoms with Crippen molar-refractivity contribution < 1.29 is 4.42 Å². The lowest BCUT2D eigenvalue weighted by molar-refractivity contribution is 0.540. The summed E-state index contributed by atoms with van der Waals surface area (Å²) in [6, 6.07) is 5.70. The summed E-state index contributed by atoms with van der Waals surface area (Å²) in [5, 5.41) is 3.23. The Morgan fingerprint density at radius 2 is 2.12 bits per heavy atom. The molecule has 6 heteroatoms. The largest absolute Gasteiger partial charge is 0.436 e. The Morgan fingerprint density at radius 1 is 1.35 bits per heavy atom. The second-order valence-electron chi connectivity index (χ2n) is 3.60. The maximum atomic E-state index is 5.72. The van der Waals surface area contributed by atoms with Crippen molar-refractivity contribution in [2.45, 2.75) is 17.3 Å². The molecule has 0 unspecified atom stereocenters. The zero-order valence-electron chi connectivity index (χ0n) is 9.14. The van der Waals surface area contributed by atoms with Gasteiger partial charge in [0.1, 0.15) is 5.52 Å². The standard InChI is InChI=1S/C11H11Cl3N2O/c1-2-15-6-7-3-4-9-8(5-7)16-10(17-9)11(12,13)14/h3-5,15H,2,6H2,1H3. The molecule has 0 aliphatic heterocycles. The maximum Gasteiger partial charge on any atom is 0.266 e. The van der Waals surface area contributed by atoms with Crippen molar-refractivity contribution in [1.82, 2.24) is 10.3 Å². The molecule has 0 radical (unpaired) electrons. The number of oxazole rings is 1. The number of aromatic nitrogens is 1. The molecule has 92 valence electrons. The Bertz CT molecular complexity index is 519. The van der Waals surface area contributed by atoms with Crippen LogP contribution in [0, 0.1) is 0 Å². The molecule has 0 amide bonds. The molecule has 17 heavy (non-hydrogen) atoms. The number of hydrogen-bond donors (Lipinski definition) is 1. The summed E-state index contributed by atoms with van der Waals surface area (Å²) in [7, 11) is 0. The number of nitrogens with one attached hydrogen (secondary N) is 1. The predicted octanol–water partition coefficient (Wildman–Crippen LogP) is 3.76. The van der Waals surface area contributed by atoms with Crippen LogP contribution in [0.4, 0.5) is 0 Å². The van der Waals surface area contributed by atoms with Crippen LogP contribution in [0.2, 0.25) is 0 Å². The van der Waals surface area contributed by atoms with Crippen LogP contribution in [0.5, 0.6) is 0 Å². The van der Waals surface area contributed by atoms with E-state index < -0.39 is 3.79 Å². The quantitative estimate of drug-likeness (QED) is 0.876. The van der Waals surface area contributed by atoms with Crippen LogP contribution in [0.3, 0.4) is 0 Å². The summed E-state index contributed by atoms with van der Waals surface area (Å²) in [6.07, 6.45) is 0. The zero-order valence-corrected chi connectivity index (χ0v) is 11.4. The lowest BCUT2D eigenvalue weighted by atomic mass is 10.2. The highest BCUT2D eigenvalue weighted by Gasteiger charge is 2.29. The Labute approximate surface area is 114 Å². The van der Waals surface area contributed by atoms with E-state index in [1.54, 1.807) is 0 Å². The Balaban J connectivity index is 2.34. The molecule has 0 saturated carbocycles. The third kappa shape index (κ3) is 3.05. The van der Waals surface area contributed by atoms with Crippen LogP contribution in [0.15, 0.2) is 22.6 Å². The summed E-state index contributed by atoms with van der Waals surface area (Å²) < 4.78 is 3.74. The molecule has 0 bridgehead atoms. The van der Waals surface area contributed by atoms with E-state index in [9.17, 15) is 0 Å². The van der Waals surface area contributed by atoms with E-state index in [0.717, 1.165) is 18.7 Å². The minimum Gasteiger partial charge on any atom is -0.436 e. The highest BCUT2D eigenvalue weighted by Crippen LogP contribution is 2.38. The van der Waals surface area contributed by atoms with Crippen molar-refractivity contribution in [2.75, 3.05) is 6.54 Å². The van der Waals surface area contributed by atoms with Crippen molar-refractivity contribution in [1.29, 1.82) is 0 Å². The number of benzene rings is 1. The van der Waals surface area contributed by atoms with Gasteiger partial charge < -0.3 is 9.73 Å². The number of fused-ring (bicyclic) bond motifs is 1. The molecule has 0 atom stereocenters. The molecule has 2 aromatic rings. The van der Waals surface area contributed by atoms with Gasteiger partial charge in [0.25, 0.3) is 3.79 Å². The van der Waals surface area contributed by atoms with Gasteiger partial charge in [-0.25, -0.2) is 4.98 Å². The van der Waals surface area contributed by atoms with E-state index in [1.807, 2.05) is 18.2 Å². The summed E-state index contributed by atoms with van der Waals surface area (Å²) in [6.45, 7) is 3.74. The van der Waals surface area contributed by atoms with Crippen LogP contribution < -0.4 is 5.32 Å². The first kappa shape index (κ1) is 13.0. The first-order valence-electron chi connectivity index (χ1n) is 5.18. The Kier molecular flexibility index (Phi) is 3.83. The molecular formula is C11H11Cl3N2O. The van der Waals surface area contributed by atoms with Crippen LogP contribution in [0.25, 0.3) is 11.1 Å². The second-order valence-corrected chi connectivity index (χ2v) is 5.88. The second kappa shape index (κ2) is 5.02. The van der Waals surface area contributed by atoms with Gasteiger partial charge in [0.2, 0.25) is 5.89 Å². The molecule has 0 spiro atoms. The fourth-order valence-corrected chi connectivity index (χ4v) is 1.72. The zero-order chi connectivity index (χ0) is 12.5. The smallest absolute Gasteiger partial charge is 0.266 e. The van der Waals surface area contributed by atoms with Crippen molar-refractivity contribution in [3.05, 3.63) is 29.7 Å². The van der Waals surface area contributed by atoms with Crippen molar-refractivity contribution in [2.24, 2.45) is 0 Å². The number of hydrogen-bond acceptors (Lipinski definition) is 3. The lowest BCUT2D eigenvalue weighted by Gasteiger charge is -2.02. The fourth-order valence-electron chi connectivity index (χ4n) is 1.47. The minimum absolute atomic E-state index is 0.0955. The SMILES string of the molecule is CCNCc1ccc2oc(C(Cl)(Cl)Cl)nc2c1. The molecule has 1 aromatic heterocycles. The minimum atomic E-state index is -1.62. The normalized spacial score (nSPS) is 12.2. The number of halogens is 3. The van der Waals surface area contributed by atoms with Gasteiger partial charge in [-0.3, -0.25) is 0 Å². The lowest BCUT2D eigenvalue weighted by Crippen LogP contribution is -2.11. The molecule has 1 heterocycles. The summed E-state index contributed by atoms with van der Waals surface area (Å²) in [4.78, 5) is 4.16. The van der Waals surface area contributed by atoms with Gasteiger partial charge in [0, 0.05) is 6.54 Å². The maximum absolute atomic E-state index is 5.72. The van der Waals surface area contributed by atoms with Crippen LogP contribution in [-0.4, -0.2) is 11.5 Å². The topological polar surface area (TPSA) is 38.1 Å². The molecule has 2 rings (SSSR count). The van der Waals surface area contributed by atoms with Gasteiger partial charge >= 0.3 is 0 Å².